The van der Waals surface area contributed by atoms with E-state index in [0.717, 1.165) is 0 Å². The van der Waals surface area contributed by atoms with Crippen LogP contribution in [0.15, 0.2) is 54.6 Å². The molecule has 2 rings (SSSR count). The van der Waals surface area contributed by atoms with Gasteiger partial charge in [0, 0.05) is 13.3 Å². The van der Waals surface area contributed by atoms with Crippen LogP contribution in [0.3, 0.4) is 0 Å². The fourth-order valence-electron chi connectivity index (χ4n) is 2.03. The Balaban J connectivity index is 1.97. The number of hydrogen-bond acceptors (Lipinski definition) is 5. The third-order valence-electron chi connectivity index (χ3n) is 3.09. The highest BCUT2D eigenvalue weighted by atomic mass is 16.6. The van der Waals surface area contributed by atoms with Gasteiger partial charge in [-0.3, -0.25) is 4.79 Å². The third-order valence-corrected chi connectivity index (χ3v) is 3.09. The van der Waals surface area contributed by atoms with E-state index < -0.39 is 17.9 Å². The average Bonchev–Trinajstić information content (AvgIpc) is 2.55. The van der Waals surface area contributed by atoms with Crippen LogP contribution in [0.1, 0.15) is 33.2 Å². The molecule has 0 heterocycles. The molecule has 0 N–H and O–H groups in total. The molecule has 0 aromatic heterocycles. The lowest BCUT2D eigenvalue weighted by Gasteiger charge is -2.09. The Kier molecular flexibility index (Phi) is 5.63. The van der Waals surface area contributed by atoms with Crippen molar-refractivity contribution in [2.75, 3.05) is 6.61 Å². The predicted octanol–water partition coefficient (Wildman–Crippen LogP) is 2.79. The molecule has 118 valence electrons. The van der Waals surface area contributed by atoms with Crippen LogP contribution in [0.5, 0.6) is 0 Å². The molecule has 0 aliphatic carbocycles. The lowest BCUT2D eigenvalue weighted by Crippen LogP contribution is -2.14. The molecule has 2 aromatic carbocycles. The second kappa shape index (κ2) is 7.89. The summed E-state index contributed by atoms with van der Waals surface area (Å²) in [6.07, 6.45) is 0.349. The van der Waals surface area contributed by atoms with Crippen LogP contribution in [-0.4, -0.2) is 24.5 Å². The van der Waals surface area contributed by atoms with E-state index in [1.54, 1.807) is 48.5 Å². The van der Waals surface area contributed by atoms with Gasteiger partial charge in [0.2, 0.25) is 0 Å². The van der Waals surface area contributed by atoms with Crippen LogP contribution in [0, 0.1) is 0 Å². The Bertz CT molecular complexity index is 706. The molecule has 0 bridgehead atoms. The number of carbonyl (C=O) groups excluding carboxylic acids is 3. The SMILES string of the molecule is CC(=O)OC(=O)c1ccccc1CCOC(=O)c1ccccc1. The van der Waals surface area contributed by atoms with Gasteiger partial charge in [0.05, 0.1) is 17.7 Å². The van der Waals surface area contributed by atoms with Gasteiger partial charge >= 0.3 is 17.9 Å². The zero-order chi connectivity index (χ0) is 16.7. The van der Waals surface area contributed by atoms with E-state index in [1.807, 2.05) is 6.07 Å². The minimum Gasteiger partial charge on any atom is -0.462 e. The first-order chi connectivity index (χ1) is 11.1. The maximum absolute atomic E-state index is 11.8. The largest absolute Gasteiger partial charge is 0.462 e. The molecule has 5 heteroatoms. The molecule has 2 aromatic rings. The molecule has 0 unspecified atom stereocenters. The fraction of sp³-hybridized carbons (Fsp3) is 0.167. The second-order valence-corrected chi connectivity index (χ2v) is 4.79. The number of ether oxygens (including phenoxy) is 2. The number of rotatable bonds is 5. The average molecular weight is 312 g/mol. The van der Waals surface area contributed by atoms with Gasteiger partial charge in [-0.1, -0.05) is 36.4 Å². The Morgan fingerprint density at radius 2 is 1.52 bits per heavy atom. The van der Waals surface area contributed by atoms with Crippen LogP contribution in [0.25, 0.3) is 0 Å². The van der Waals surface area contributed by atoms with E-state index in [9.17, 15) is 14.4 Å². The summed E-state index contributed by atoms with van der Waals surface area (Å²) in [6, 6.07) is 15.4. The number of benzene rings is 2. The molecule has 23 heavy (non-hydrogen) atoms. The van der Waals surface area contributed by atoms with Crippen molar-refractivity contribution in [3.05, 3.63) is 71.3 Å². The number of esters is 3. The highest BCUT2D eigenvalue weighted by Crippen LogP contribution is 2.12. The molecule has 0 atom stereocenters. The highest BCUT2D eigenvalue weighted by Gasteiger charge is 2.14. The molecule has 0 radical (unpaired) electrons. The maximum Gasteiger partial charge on any atom is 0.346 e. The lowest BCUT2D eigenvalue weighted by molar-refractivity contribution is -0.135. The standard InChI is InChI=1S/C18H16O5/c1-13(19)23-18(21)16-10-6-5-7-14(16)11-12-22-17(20)15-8-3-2-4-9-15/h2-10H,11-12H2,1H3. The summed E-state index contributed by atoms with van der Waals surface area (Å²) in [4.78, 5) is 34.6. The van der Waals surface area contributed by atoms with E-state index in [0.29, 0.717) is 23.1 Å². The van der Waals surface area contributed by atoms with Gasteiger partial charge in [0.1, 0.15) is 0 Å². The first-order valence-electron chi connectivity index (χ1n) is 7.11. The molecule has 5 nitrogen and oxygen atoms in total. The summed E-state index contributed by atoms with van der Waals surface area (Å²) in [5, 5.41) is 0. The van der Waals surface area contributed by atoms with Gasteiger partial charge in [-0.2, -0.15) is 0 Å². The molecule has 0 aliphatic rings. The summed E-state index contributed by atoms with van der Waals surface area (Å²) in [5.41, 5.74) is 1.41. The van der Waals surface area contributed by atoms with Gasteiger partial charge in [-0.05, 0) is 23.8 Å². The summed E-state index contributed by atoms with van der Waals surface area (Å²) in [6.45, 7) is 1.29. The van der Waals surface area contributed by atoms with Crippen molar-refractivity contribution in [1.82, 2.24) is 0 Å². The topological polar surface area (TPSA) is 69.7 Å². The zero-order valence-corrected chi connectivity index (χ0v) is 12.7. The summed E-state index contributed by atoms with van der Waals surface area (Å²) >= 11 is 0. The molecular formula is C18H16O5. The Morgan fingerprint density at radius 1 is 0.870 bits per heavy atom. The molecule has 0 fully saturated rings. The van der Waals surface area contributed by atoms with Gasteiger partial charge in [0.15, 0.2) is 0 Å². The number of hydrogen-bond donors (Lipinski definition) is 0. The minimum absolute atomic E-state index is 0.123. The van der Waals surface area contributed by atoms with Crippen LogP contribution in [0.2, 0.25) is 0 Å². The first-order valence-corrected chi connectivity index (χ1v) is 7.11. The van der Waals surface area contributed by atoms with Crippen molar-refractivity contribution >= 4 is 17.9 Å². The molecule has 0 amide bonds. The molecule has 0 saturated heterocycles. The normalized spacial score (nSPS) is 9.96. The van der Waals surface area contributed by atoms with Crippen molar-refractivity contribution in [3.8, 4) is 0 Å². The summed E-state index contributed by atoms with van der Waals surface area (Å²) < 4.78 is 9.78. The van der Waals surface area contributed by atoms with E-state index in [2.05, 4.69) is 4.74 Å². The zero-order valence-electron chi connectivity index (χ0n) is 12.7. The van der Waals surface area contributed by atoms with Crippen LogP contribution in [-0.2, 0) is 20.7 Å². The van der Waals surface area contributed by atoms with Gasteiger partial charge in [0.25, 0.3) is 0 Å². The third kappa shape index (κ3) is 4.78. The molecule has 0 spiro atoms. The first kappa shape index (κ1) is 16.4. The Hall–Kier alpha value is -2.95. The Morgan fingerprint density at radius 3 is 2.22 bits per heavy atom. The fourth-order valence-corrected chi connectivity index (χ4v) is 2.03. The highest BCUT2D eigenvalue weighted by molar-refractivity contribution is 5.97. The quantitative estimate of drug-likeness (QED) is 0.627. The van der Waals surface area contributed by atoms with Crippen molar-refractivity contribution in [2.24, 2.45) is 0 Å². The van der Waals surface area contributed by atoms with E-state index >= 15 is 0 Å². The van der Waals surface area contributed by atoms with Gasteiger partial charge in [-0.25, -0.2) is 9.59 Å². The van der Waals surface area contributed by atoms with Crippen LogP contribution < -0.4 is 0 Å². The predicted molar refractivity (Wildman–Crippen MR) is 83.0 cm³/mol. The summed E-state index contributed by atoms with van der Waals surface area (Å²) in [7, 11) is 0. The lowest BCUT2D eigenvalue weighted by atomic mass is 10.1. The van der Waals surface area contributed by atoms with Crippen molar-refractivity contribution < 1.29 is 23.9 Å². The van der Waals surface area contributed by atoms with Crippen molar-refractivity contribution in [3.63, 3.8) is 0 Å². The van der Waals surface area contributed by atoms with E-state index in [1.165, 1.54) is 6.92 Å². The monoisotopic (exact) mass is 312 g/mol. The Labute approximate surface area is 133 Å². The molecular weight excluding hydrogens is 296 g/mol. The van der Waals surface area contributed by atoms with Crippen molar-refractivity contribution in [2.45, 2.75) is 13.3 Å². The second-order valence-electron chi connectivity index (χ2n) is 4.79. The smallest absolute Gasteiger partial charge is 0.346 e. The van der Waals surface area contributed by atoms with Crippen LogP contribution >= 0.6 is 0 Å². The number of carbonyl (C=O) groups is 3. The summed E-state index contributed by atoms with van der Waals surface area (Å²) in [5.74, 6) is -1.79. The minimum atomic E-state index is -0.706. The van der Waals surface area contributed by atoms with Gasteiger partial charge in [-0.15, -0.1) is 0 Å². The van der Waals surface area contributed by atoms with Crippen molar-refractivity contribution in [1.29, 1.82) is 0 Å². The van der Waals surface area contributed by atoms with E-state index in [-0.39, 0.29) is 6.61 Å². The maximum atomic E-state index is 11.8. The van der Waals surface area contributed by atoms with Gasteiger partial charge < -0.3 is 9.47 Å². The molecule has 0 saturated carbocycles. The van der Waals surface area contributed by atoms with Crippen LogP contribution in [0.4, 0.5) is 0 Å². The van der Waals surface area contributed by atoms with E-state index in [4.69, 9.17) is 4.74 Å². The molecule has 0 aliphatic heterocycles.